The third-order valence-electron chi connectivity index (χ3n) is 5.60. The minimum atomic E-state index is -2.80. The summed E-state index contributed by atoms with van der Waals surface area (Å²) in [7, 11) is 0. The van der Waals surface area contributed by atoms with Crippen molar-refractivity contribution in [2.45, 2.75) is 31.1 Å². The molecule has 1 fully saturated rings. The fourth-order valence-electron chi connectivity index (χ4n) is 3.86. The molecular weight excluding hydrogens is 454 g/mol. The van der Waals surface area contributed by atoms with Crippen LogP contribution >= 0.6 is 0 Å². The topological polar surface area (TPSA) is 168 Å². The molecule has 0 aliphatic carbocycles. The number of hydrogen-bond acceptors (Lipinski definition) is 10. The van der Waals surface area contributed by atoms with Crippen molar-refractivity contribution in [1.82, 2.24) is 29.8 Å². The number of benzene rings is 1. The summed E-state index contributed by atoms with van der Waals surface area (Å²) in [4.78, 5) is 29.8. The average molecular weight is 480 g/mol. The Morgan fingerprint density at radius 2 is 2.03 bits per heavy atom. The first-order valence-corrected chi connectivity index (χ1v) is 10.6. The second-order valence-electron chi connectivity index (χ2n) is 7.91. The number of aliphatic hydroxyl groups excluding tert-OH is 2. The summed E-state index contributed by atoms with van der Waals surface area (Å²) in [6.45, 7) is -2.40. The van der Waals surface area contributed by atoms with Crippen LogP contribution in [0.25, 0.3) is 22.6 Å². The first kappa shape index (κ1) is 19.2. The summed E-state index contributed by atoms with van der Waals surface area (Å²) in [6, 6.07) is 11.0. The smallest absolute Gasteiger partial charge is 0.251 e. The molecule has 1 saturated heterocycles. The van der Waals surface area contributed by atoms with Crippen molar-refractivity contribution >= 4 is 22.9 Å². The van der Waals surface area contributed by atoms with E-state index in [2.05, 4.69) is 25.3 Å². The molecule has 0 radical (unpaired) electrons. The number of likely N-dealkylation sites (N-methyl/N-ethyl adjacent to an activating group) is 1. The minimum Gasteiger partial charge on any atom is -0.506 e. The second-order valence-corrected chi connectivity index (χ2v) is 7.91. The fourth-order valence-corrected chi connectivity index (χ4v) is 3.86. The number of carbonyl (C=O) groups excluding carboxylic acids is 1. The maximum atomic E-state index is 12.4. The summed E-state index contributed by atoms with van der Waals surface area (Å²) in [5.41, 5.74) is 1.85. The highest BCUT2D eigenvalue weighted by Crippen LogP contribution is 2.34. The van der Waals surface area contributed by atoms with Crippen LogP contribution in [0.2, 0.25) is 0 Å². The maximum Gasteiger partial charge on any atom is 0.251 e. The molecule has 4 heterocycles. The number of aromatic nitrogens is 5. The van der Waals surface area contributed by atoms with Gasteiger partial charge in [0, 0.05) is 29.4 Å². The van der Waals surface area contributed by atoms with E-state index < -0.39 is 37.4 Å². The molecule has 5 N–H and O–H groups in total. The number of imidazole rings is 1. The van der Waals surface area contributed by atoms with E-state index >= 15 is 0 Å². The van der Waals surface area contributed by atoms with E-state index in [0.717, 1.165) is 5.56 Å². The van der Waals surface area contributed by atoms with Crippen LogP contribution < -0.4 is 10.6 Å². The van der Waals surface area contributed by atoms with Gasteiger partial charge in [-0.2, -0.15) is 0 Å². The maximum absolute atomic E-state index is 12.4. The predicted octanol–water partition coefficient (Wildman–Crippen LogP) is 0.571. The van der Waals surface area contributed by atoms with Crippen LogP contribution in [0.4, 0.5) is 5.82 Å². The zero-order valence-corrected chi connectivity index (χ0v) is 18.1. The molecule has 1 amide bonds. The molecule has 180 valence electrons. The zero-order valence-electron chi connectivity index (χ0n) is 21.1. The van der Waals surface area contributed by atoms with Crippen LogP contribution in [-0.2, 0) is 16.1 Å². The van der Waals surface area contributed by atoms with Crippen LogP contribution in [0.3, 0.4) is 0 Å². The lowest BCUT2D eigenvalue weighted by Gasteiger charge is -2.17. The molecule has 5 rings (SSSR count). The second kappa shape index (κ2) is 9.25. The Kier molecular flexibility index (Phi) is 5.08. The number of carbonyl (C=O) groups is 1. The molecule has 0 spiro atoms. The first-order chi connectivity index (χ1) is 18.1. The number of fused-ring (bicyclic) bond motifs is 1. The van der Waals surface area contributed by atoms with E-state index in [1.54, 1.807) is 5.32 Å². The van der Waals surface area contributed by atoms with Gasteiger partial charge in [-0.25, -0.2) is 15.0 Å². The van der Waals surface area contributed by atoms with Crippen molar-refractivity contribution in [3.05, 3.63) is 60.7 Å². The van der Waals surface area contributed by atoms with Crippen molar-refractivity contribution in [2.24, 2.45) is 0 Å². The van der Waals surface area contributed by atoms with Crippen molar-refractivity contribution in [2.75, 3.05) is 12.3 Å². The molecule has 1 aliphatic rings. The molecule has 0 bridgehead atoms. The number of aliphatic hydroxyl groups is 2. The van der Waals surface area contributed by atoms with E-state index in [1.165, 1.54) is 29.4 Å². The Morgan fingerprint density at radius 1 is 1.20 bits per heavy atom. The summed E-state index contributed by atoms with van der Waals surface area (Å²) in [6.07, 6.45) is -2.28. The quantitative estimate of drug-likeness (QED) is 0.263. The van der Waals surface area contributed by atoms with Crippen LogP contribution in [0.5, 0.6) is 5.75 Å². The monoisotopic (exact) mass is 480 g/mol. The molecule has 0 unspecified atom stereocenters. The molecule has 12 nitrogen and oxygen atoms in total. The molecule has 12 heteroatoms. The van der Waals surface area contributed by atoms with Crippen molar-refractivity contribution in [3.8, 4) is 17.1 Å². The van der Waals surface area contributed by atoms with E-state index in [1.807, 2.05) is 30.3 Å². The van der Waals surface area contributed by atoms with E-state index in [0.29, 0.717) is 23.4 Å². The highest BCUT2D eigenvalue weighted by Gasteiger charge is 2.47. The van der Waals surface area contributed by atoms with E-state index in [-0.39, 0.29) is 17.2 Å². The fraction of sp³-hybridized carbons (Fsp3) is 0.261. The number of anilines is 1. The third-order valence-corrected chi connectivity index (χ3v) is 5.60. The van der Waals surface area contributed by atoms with Crippen LogP contribution in [-0.4, -0.2) is 71.0 Å². The van der Waals surface area contributed by atoms with Gasteiger partial charge in [-0.05, 0) is 11.6 Å². The van der Waals surface area contributed by atoms with Gasteiger partial charge in [0.25, 0.3) is 5.91 Å². The number of rotatable bonds is 6. The minimum absolute atomic E-state index is 0.0979. The highest BCUT2D eigenvalue weighted by molar-refractivity contribution is 5.85. The lowest BCUT2D eigenvalue weighted by molar-refractivity contribution is -0.137. The number of hydrogen-bond donors (Lipinski definition) is 5. The first-order valence-electron chi connectivity index (χ1n) is 12.1. The van der Waals surface area contributed by atoms with Gasteiger partial charge in [0.05, 0.1) is 12.5 Å². The van der Waals surface area contributed by atoms with Crippen LogP contribution in [0.15, 0.2) is 55.1 Å². The lowest BCUT2D eigenvalue weighted by Crippen LogP contribution is -2.41. The van der Waals surface area contributed by atoms with Crippen molar-refractivity contribution in [3.63, 3.8) is 0 Å². The van der Waals surface area contributed by atoms with Crippen LogP contribution in [0.1, 0.15) is 15.9 Å². The number of pyridine rings is 1. The third kappa shape index (κ3) is 4.25. The molecule has 1 aliphatic heterocycles. The molecule has 0 saturated carbocycles. The standard InChI is InChI=1S/C23H23N7O5/c1-24-22(34)18-16(32)17(33)23(35-18)30-11-27-15-20(26-8-12-5-3-2-4-6-12)28-19(29-21(15)30)13-7-14(31)10-25-9-13/h2-7,9-11,16-18,23,31-33H,8H2,1H3,(H,24,34)(H,26,28,29)/t16-,17+,18-,23+/m0/s1/i1D3. The van der Waals surface area contributed by atoms with Gasteiger partial charge in [0.15, 0.2) is 35.1 Å². The van der Waals surface area contributed by atoms with Gasteiger partial charge in [-0.3, -0.25) is 14.3 Å². The molecule has 1 aromatic carbocycles. The molecular formula is C23H23N7O5. The van der Waals surface area contributed by atoms with Gasteiger partial charge >= 0.3 is 0 Å². The summed E-state index contributed by atoms with van der Waals surface area (Å²) in [5.74, 6) is -0.697. The van der Waals surface area contributed by atoms with E-state index in [9.17, 15) is 20.1 Å². The summed E-state index contributed by atoms with van der Waals surface area (Å²) < 4.78 is 28.6. The average Bonchev–Trinajstić information content (AvgIpc) is 3.43. The Bertz CT molecular complexity index is 1470. The number of aromatic hydroxyl groups is 1. The number of nitrogens with one attached hydrogen (secondary N) is 2. The number of amides is 1. The highest BCUT2D eigenvalue weighted by atomic mass is 16.6. The van der Waals surface area contributed by atoms with Gasteiger partial charge in [-0.1, -0.05) is 30.3 Å². The number of ether oxygens (including phenoxy) is 1. The Labute approximate surface area is 203 Å². The van der Waals surface area contributed by atoms with Crippen molar-refractivity contribution in [1.29, 1.82) is 0 Å². The Hall–Kier alpha value is -4.13. The Balaban J connectivity index is 1.54. The number of nitrogens with zero attached hydrogens (tertiary/aromatic N) is 5. The van der Waals surface area contributed by atoms with Gasteiger partial charge in [0.2, 0.25) is 0 Å². The molecule has 4 aromatic rings. The molecule has 3 aromatic heterocycles. The van der Waals surface area contributed by atoms with Crippen LogP contribution in [0, 0.1) is 0 Å². The largest absolute Gasteiger partial charge is 0.506 e. The van der Waals surface area contributed by atoms with Gasteiger partial charge in [-0.15, -0.1) is 0 Å². The van der Waals surface area contributed by atoms with Gasteiger partial charge in [0.1, 0.15) is 18.0 Å². The Morgan fingerprint density at radius 3 is 2.80 bits per heavy atom. The normalized spacial score (nSPS) is 23.4. The molecule has 4 atom stereocenters. The summed E-state index contributed by atoms with van der Waals surface area (Å²) in [5, 5.41) is 36.1. The lowest BCUT2D eigenvalue weighted by atomic mass is 10.1. The van der Waals surface area contributed by atoms with Crippen molar-refractivity contribution < 1.29 is 29.0 Å². The molecule has 35 heavy (non-hydrogen) atoms. The zero-order chi connectivity index (χ0) is 27.0. The summed E-state index contributed by atoms with van der Waals surface area (Å²) >= 11 is 0. The van der Waals surface area contributed by atoms with Gasteiger partial charge < -0.3 is 30.7 Å². The van der Waals surface area contributed by atoms with E-state index in [4.69, 9.17) is 8.85 Å². The predicted molar refractivity (Wildman–Crippen MR) is 124 cm³/mol. The SMILES string of the molecule is [2H]C([2H])([2H])NC(=O)[C@H]1O[C@@H](n2cnc3c(NCc4ccccc4)nc(-c4cncc(O)c4)nc32)[C@H](O)[C@@H]1O.